The Kier molecular flexibility index (Phi) is 4.94. The molecule has 0 radical (unpaired) electrons. The van der Waals surface area contributed by atoms with Crippen molar-refractivity contribution in [3.05, 3.63) is 65.7 Å². The van der Waals surface area contributed by atoms with Gasteiger partial charge in [-0.3, -0.25) is 9.59 Å². The molecule has 1 N–H and O–H groups in total. The van der Waals surface area contributed by atoms with Crippen LogP contribution in [0.3, 0.4) is 0 Å². The normalized spacial score (nSPS) is 18.7. The van der Waals surface area contributed by atoms with Crippen LogP contribution >= 0.6 is 0 Å². The lowest BCUT2D eigenvalue weighted by Crippen LogP contribution is -2.31. The predicted octanol–water partition coefficient (Wildman–Crippen LogP) is 3.33. The Morgan fingerprint density at radius 2 is 1.79 bits per heavy atom. The Bertz CT molecular complexity index is 709. The van der Waals surface area contributed by atoms with E-state index < -0.39 is 0 Å². The van der Waals surface area contributed by atoms with E-state index in [4.69, 9.17) is 4.74 Å². The van der Waals surface area contributed by atoms with Crippen LogP contribution in [0, 0.1) is 0 Å². The minimum absolute atomic E-state index is 0.0148. The van der Waals surface area contributed by atoms with Crippen LogP contribution in [0.15, 0.2) is 54.6 Å². The van der Waals surface area contributed by atoms with Gasteiger partial charge in [0.15, 0.2) is 12.4 Å². The van der Waals surface area contributed by atoms with Crippen LogP contribution in [0.1, 0.15) is 41.6 Å². The van der Waals surface area contributed by atoms with Gasteiger partial charge in [0.1, 0.15) is 5.75 Å². The number of hydrogen-bond donors (Lipinski definition) is 1. The Balaban J connectivity index is 1.44. The lowest BCUT2D eigenvalue weighted by Gasteiger charge is -2.08. The van der Waals surface area contributed by atoms with Crippen molar-refractivity contribution in [2.24, 2.45) is 0 Å². The van der Waals surface area contributed by atoms with Crippen molar-refractivity contribution in [3.8, 4) is 5.75 Å². The minimum atomic E-state index is -0.118. The average Bonchev–Trinajstić information content (AvgIpc) is 3.39. The highest BCUT2D eigenvalue weighted by Gasteiger charge is 2.39. The summed E-state index contributed by atoms with van der Waals surface area (Å²) in [5.41, 5.74) is 1.93. The Morgan fingerprint density at radius 1 is 1.08 bits per heavy atom. The third-order valence-corrected chi connectivity index (χ3v) is 4.23. The fourth-order valence-electron chi connectivity index (χ4n) is 2.76. The first kappa shape index (κ1) is 16.2. The first-order valence-electron chi connectivity index (χ1n) is 8.27. The summed E-state index contributed by atoms with van der Waals surface area (Å²) in [6.45, 7) is 1.82. The summed E-state index contributed by atoms with van der Waals surface area (Å²) < 4.78 is 5.48. The molecule has 4 nitrogen and oxygen atoms in total. The highest BCUT2D eigenvalue weighted by Crippen LogP contribution is 2.40. The number of amides is 1. The smallest absolute Gasteiger partial charge is 0.258 e. The highest BCUT2D eigenvalue weighted by molar-refractivity contribution is 5.95. The van der Waals surface area contributed by atoms with Gasteiger partial charge in [-0.1, -0.05) is 37.3 Å². The van der Waals surface area contributed by atoms with Crippen molar-refractivity contribution in [3.63, 3.8) is 0 Å². The van der Waals surface area contributed by atoms with E-state index in [9.17, 15) is 9.59 Å². The first-order chi connectivity index (χ1) is 11.7. The van der Waals surface area contributed by atoms with Crippen LogP contribution < -0.4 is 10.1 Å². The van der Waals surface area contributed by atoms with Crippen molar-refractivity contribution in [1.82, 2.24) is 5.32 Å². The molecule has 1 amide bonds. The lowest BCUT2D eigenvalue weighted by molar-refractivity contribution is -0.123. The second-order valence-corrected chi connectivity index (χ2v) is 6.02. The number of carbonyl (C=O) groups excluding carboxylic acids is 2. The molecule has 0 unspecified atom stereocenters. The number of Topliss-reactive ketones (excluding diaryl/α,β-unsaturated/α-hetero) is 1. The highest BCUT2D eigenvalue weighted by atomic mass is 16.5. The van der Waals surface area contributed by atoms with E-state index in [1.807, 2.05) is 25.1 Å². The third kappa shape index (κ3) is 4.02. The van der Waals surface area contributed by atoms with Gasteiger partial charge in [-0.05, 0) is 36.2 Å². The number of ketones is 1. The molecule has 2 aromatic rings. The summed E-state index contributed by atoms with van der Waals surface area (Å²) in [6, 6.07) is 17.3. The van der Waals surface area contributed by atoms with Crippen molar-refractivity contribution < 1.29 is 14.3 Å². The van der Waals surface area contributed by atoms with Gasteiger partial charge in [-0.25, -0.2) is 0 Å². The summed E-state index contributed by atoms with van der Waals surface area (Å²) >= 11 is 0. The van der Waals surface area contributed by atoms with E-state index in [-0.39, 0.29) is 24.3 Å². The Labute approximate surface area is 141 Å². The van der Waals surface area contributed by atoms with Crippen LogP contribution in [-0.2, 0) is 4.79 Å². The molecule has 124 valence electrons. The topological polar surface area (TPSA) is 55.4 Å². The lowest BCUT2D eigenvalue weighted by atomic mass is 10.1. The number of ether oxygens (including phenoxy) is 1. The molecule has 4 heteroatoms. The fourth-order valence-corrected chi connectivity index (χ4v) is 2.76. The predicted molar refractivity (Wildman–Crippen MR) is 92.3 cm³/mol. The summed E-state index contributed by atoms with van der Waals surface area (Å²) in [4.78, 5) is 23.5. The zero-order chi connectivity index (χ0) is 16.9. The molecule has 2 aromatic carbocycles. The molecule has 0 aromatic heterocycles. The summed E-state index contributed by atoms with van der Waals surface area (Å²) in [5.74, 6) is 0.981. The molecule has 0 spiro atoms. The number of rotatable bonds is 7. The maximum atomic E-state index is 12.0. The number of benzene rings is 2. The van der Waals surface area contributed by atoms with Crippen molar-refractivity contribution in [1.29, 1.82) is 0 Å². The van der Waals surface area contributed by atoms with Gasteiger partial charge in [-0.2, -0.15) is 0 Å². The molecular formula is C20H21NO3. The molecule has 0 bridgehead atoms. The molecule has 24 heavy (non-hydrogen) atoms. The molecule has 1 aliphatic rings. The van der Waals surface area contributed by atoms with Crippen LogP contribution in [-0.4, -0.2) is 24.3 Å². The fraction of sp³-hybridized carbons (Fsp3) is 0.300. The van der Waals surface area contributed by atoms with E-state index in [0.29, 0.717) is 23.7 Å². The largest absolute Gasteiger partial charge is 0.484 e. The SMILES string of the molecule is CCC(=O)c1ccc(OCC(=O)N[C@@H]2C[C@H]2c2ccccc2)cc1. The second kappa shape index (κ2) is 7.30. The van der Waals surface area contributed by atoms with Crippen molar-refractivity contribution >= 4 is 11.7 Å². The summed E-state index contributed by atoms with van der Waals surface area (Å²) in [7, 11) is 0. The van der Waals surface area contributed by atoms with Gasteiger partial charge in [0, 0.05) is 23.9 Å². The zero-order valence-electron chi connectivity index (χ0n) is 13.7. The van der Waals surface area contributed by atoms with E-state index in [1.54, 1.807) is 24.3 Å². The Morgan fingerprint density at radius 3 is 2.46 bits per heavy atom. The molecule has 3 rings (SSSR count). The molecule has 1 saturated carbocycles. The average molecular weight is 323 g/mol. The Hall–Kier alpha value is -2.62. The molecule has 0 aliphatic heterocycles. The van der Waals surface area contributed by atoms with E-state index in [1.165, 1.54) is 5.56 Å². The van der Waals surface area contributed by atoms with Crippen molar-refractivity contribution in [2.75, 3.05) is 6.61 Å². The van der Waals surface area contributed by atoms with Gasteiger partial charge in [0.2, 0.25) is 0 Å². The molecule has 0 heterocycles. The number of hydrogen-bond acceptors (Lipinski definition) is 3. The van der Waals surface area contributed by atoms with Crippen molar-refractivity contribution in [2.45, 2.75) is 31.7 Å². The third-order valence-electron chi connectivity index (χ3n) is 4.23. The van der Waals surface area contributed by atoms with Gasteiger partial charge in [-0.15, -0.1) is 0 Å². The second-order valence-electron chi connectivity index (χ2n) is 6.02. The molecule has 1 aliphatic carbocycles. The molecular weight excluding hydrogens is 302 g/mol. The number of nitrogens with one attached hydrogen (secondary N) is 1. The van der Waals surface area contributed by atoms with Crippen LogP contribution in [0.2, 0.25) is 0 Å². The molecule has 0 saturated heterocycles. The standard InChI is InChI=1S/C20H21NO3/c1-2-19(22)15-8-10-16(11-9-15)24-13-20(23)21-18-12-17(18)14-6-4-3-5-7-14/h3-11,17-18H,2,12-13H2,1H3,(H,21,23)/t17-,18+/m0/s1. The minimum Gasteiger partial charge on any atom is -0.484 e. The zero-order valence-corrected chi connectivity index (χ0v) is 13.7. The maximum absolute atomic E-state index is 12.0. The molecule has 1 fully saturated rings. The van der Waals surface area contributed by atoms with Crippen LogP contribution in [0.4, 0.5) is 0 Å². The quantitative estimate of drug-likeness (QED) is 0.795. The van der Waals surface area contributed by atoms with E-state index in [0.717, 1.165) is 6.42 Å². The maximum Gasteiger partial charge on any atom is 0.258 e. The van der Waals surface area contributed by atoms with E-state index >= 15 is 0 Å². The van der Waals surface area contributed by atoms with Gasteiger partial charge in [0.05, 0.1) is 0 Å². The van der Waals surface area contributed by atoms with Gasteiger partial charge < -0.3 is 10.1 Å². The monoisotopic (exact) mass is 323 g/mol. The van der Waals surface area contributed by atoms with Crippen LogP contribution in [0.5, 0.6) is 5.75 Å². The first-order valence-corrected chi connectivity index (χ1v) is 8.27. The van der Waals surface area contributed by atoms with E-state index in [2.05, 4.69) is 17.4 Å². The number of carbonyl (C=O) groups is 2. The summed E-state index contributed by atoms with van der Waals surface area (Å²) in [6.07, 6.45) is 1.45. The van der Waals surface area contributed by atoms with Crippen LogP contribution in [0.25, 0.3) is 0 Å². The van der Waals surface area contributed by atoms with Gasteiger partial charge in [0.25, 0.3) is 5.91 Å². The molecule has 2 atom stereocenters. The summed E-state index contributed by atoms with van der Waals surface area (Å²) in [5, 5.41) is 2.99. The van der Waals surface area contributed by atoms with Gasteiger partial charge >= 0.3 is 0 Å².